The molecular weight excluding hydrogens is 308 g/mol. The van der Waals surface area contributed by atoms with E-state index in [9.17, 15) is 15.0 Å². The highest BCUT2D eigenvalue weighted by Crippen LogP contribution is 2.30. The van der Waals surface area contributed by atoms with Crippen LogP contribution in [0.1, 0.15) is 27.2 Å². The molecule has 0 unspecified atom stereocenters. The van der Waals surface area contributed by atoms with Gasteiger partial charge in [-0.25, -0.2) is 4.79 Å². The maximum atomic E-state index is 11.3. The van der Waals surface area contributed by atoms with E-state index in [1.807, 2.05) is 19.1 Å². The number of fused-ring (bicyclic) bond motifs is 1. The zero-order chi connectivity index (χ0) is 17.7. The summed E-state index contributed by atoms with van der Waals surface area (Å²) in [7, 11) is 0. The van der Waals surface area contributed by atoms with Crippen molar-refractivity contribution >= 4 is 11.0 Å². The minimum absolute atomic E-state index is 0.00988. The standard InChI is InChI=1S/C19H22O5/c1-13(5-4-9-19(2,3)22)8-10-23-17-12-16-14(11-15(17)20)6-7-18(21)24-16/h4,6-9,11-12,20,22H,5,10H2,1-3H3. The van der Waals surface area contributed by atoms with Crippen molar-refractivity contribution in [2.45, 2.75) is 32.8 Å². The topological polar surface area (TPSA) is 79.9 Å². The molecule has 0 spiro atoms. The highest BCUT2D eigenvalue weighted by atomic mass is 16.5. The number of phenols is 1. The summed E-state index contributed by atoms with van der Waals surface area (Å²) in [6, 6.07) is 5.89. The average Bonchev–Trinajstić information content (AvgIpc) is 2.47. The summed E-state index contributed by atoms with van der Waals surface area (Å²) in [5.41, 5.74) is 0.164. The van der Waals surface area contributed by atoms with Gasteiger partial charge in [-0.3, -0.25) is 0 Å². The molecule has 2 aromatic rings. The van der Waals surface area contributed by atoms with E-state index in [0.29, 0.717) is 17.4 Å². The fraction of sp³-hybridized carbons (Fsp3) is 0.316. The molecule has 1 aromatic carbocycles. The molecule has 2 rings (SSSR count). The lowest BCUT2D eigenvalue weighted by Crippen LogP contribution is -2.13. The molecule has 0 saturated heterocycles. The second-order valence-corrected chi connectivity index (χ2v) is 6.23. The van der Waals surface area contributed by atoms with Crippen molar-refractivity contribution in [2.24, 2.45) is 0 Å². The third kappa shape index (κ3) is 5.28. The van der Waals surface area contributed by atoms with E-state index in [1.165, 1.54) is 18.2 Å². The van der Waals surface area contributed by atoms with E-state index in [0.717, 1.165) is 5.57 Å². The summed E-state index contributed by atoms with van der Waals surface area (Å²) < 4.78 is 10.6. The van der Waals surface area contributed by atoms with Gasteiger partial charge in [0.1, 0.15) is 12.2 Å². The summed E-state index contributed by atoms with van der Waals surface area (Å²) in [6.45, 7) is 5.66. The second kappa shape index (κ2) is 7.36. The summed E-state index contributed by atoms with van der Waals surface area (Å²) in [5, 5.41) is 20.2. The first-order valence-corrected chi connectivity index (χ1v) is 7.70. The van der Waals surface area contributed by atoms with Gasteiger partial charge in [0, 0.05) is 17.5 Å². The van der Waals surface area contributed by atoms with E-state index < -0.39 is 11.2 Å². The van der Waals surface area contributed by atoms with Crippen LogP contribution >= 0.6 is 0 Å². The number of allylic oxidation sites excluding steroid dienone is 2. The molecule has 0 aliphatic carbocycles. The quantitative estimate of drug-likeness (QED) is 0.625. The van der Waals surface area contributed by atoms with Crippen LogP contribution < -0.4 is 10.4 Å². The van der Waals surface area contributed by atoms with Gasteiger partial charge >= 0.3 is 5.63 Å². The van der Waals surface area contributed by atoms with Crippen LogP contribution in [0.15, 0.2) is 57.3 Å². The smallest absolute Gasteiger partial charge is 0.336 e. The zero-order valence-electron chi connectivity index (χ0n) is 14.1. The Labute approximate surface area is 140 Å². The van der Waals surface area contributed by atoms with E-state index in [2.05, 4.69) is 0 Å². The molecule has 1 heterocycles. The first-order chi connectivity index (χ1) is 11.2. The molecule has 0 fully saturated rings. The molecule has 0 radical (unpaired) electrons. The van der Waals surface area contributed by atoms with Crippen LogP contribution in [0.4, 0.5) is 0 Å². The lowest BCUT2D eigenvalue weighted by Gasteiger charge is -2.10. The predicted octanol–water partition coefficient (Wildman–Crippen LogP) is 3.54. The summed E-state index contributed by atoms with van der Waals surface area (Å²) in [5.74, 6) is 0.247. The van der Waals surface area contributed by atoms with Gasteiger partial charge in [-0.15, -0.1) is 0 Å². The molecule has 24 heavy (non-hydrogen) atoms. The van der Waals surface area contributed by atoms with Crippen molar-refractivity contribution in [3.8, 4) is 11.5 Å². The molecule has 0 aliphatic rings. The van der Waals surface area contributed by atoms with Crippen LogP contribution in [0.25, 0.3) is 11.0 Å². The Morgan fingerprint density at radius 1 is 1.33 bits per heavy atom. The van der Waals surface area contributed by atoms with Crippen LogP contribution in [-0.4, -0.2) is 22.4 Å². The summed E-state index contributed by atoms with van der Waals surface area (Å²) in [4.78, 5) is 11.3. The number of hydrogen-bond acceptors (Lipinski definition) is 5. The Balaban J connectivity index is 2.02. The fourth-order valence-electron chi connectivity index (χ4n) is 2.09. The number of phenolic OH excluding ortho intramolecular Hbond substituents is 1. The molecule has 5 nitrogen and oxygen atoms in total. The maximum Gasteiger partial charge on any atom is 0.336 e. The highest BCUT2D eigenvalue weighted by Gasteiger charge is 2.07. The largest absolute Gasteiger partial charge is 0.504 e. The molecule has 0 amide bonds. The molecule has 5 heteroatoms. The first-order valence-electron chi connectivity index (χ1n) is 7.70. The van der Waals surface area contributed by atoms with Gasteiger partial charge in [-0.1, -0.05) is 17.7 Å². The number of aromatic hydroxyl groups is 1. The Morgan fingerprint density at radius 3 is 2.79 bits per heavy atom. The SMILES string of the molecule is CC(=CCOc1cc2oc(=O)ccc2cc1O)CC=CC(C)(C)O. The Morgan fingerprint density at radius 2 is 2.08 bits per heavy atom. The van der Waals surface area contributed by atoms with E-state index in [4.69, 9.17) is 9.15 Å². The zero-order valence-corrected chi connectivity index (χ0v) is 14.1. The number of hydrogen-bond donors (Lipinski definition) is 2. The molecule has 128 valence electrons. The first kappa shape index (κ1) is 17.8. The molecule has 0 bridgehead atoms. The predicted molar refractivity (Wildman–Crippen MR) is 93.5 cm³/mol. The molecule has 2 N–H and O–H groups in total. The summed E-state index contributed by atoms with van der Waals surface area (Å²) >= 11 is 0. The van der Waals surface area contributed by atoms with Gasteiger partial charge in [-0.05, 0) is 45.4 Å². The van der Waals surface area contributed by atoms with E-state index in [1.54, 1.807) is 26.0 Å². The van der Waals surface area contributed by atoms with Gasteiger partial charge in [0.15, 0.2) is 11.5 Å². The number of aliphatic hydroxyl groups is 1. The van der Waals surface area contributed by atoms with Crippen LogP contribution in [-0.2, 0) is 0 Å². The van der Waals surface area contributed by atoms with E-state index in [-0.39, 0.29) is 18.1 Å². The van der Waals surface area contributed by atoms with Crippen LogP contribution in [0, 0.1) is 0 Å². The minimum atomic E-state index is -0.822. The lowest BCUT2D eigenvalue weighted by atomic mass is 10.1. The maximum absolute atomic E-state index is 11.3. The Hall–Kier alpha value is -2.53. The van der Waals surface area contributed by atoms with Crippen molar-refractivity contribution in [1.29, 1.82) is 0 Å². The monoisotopic (exact) mass is 330 g/mol. The third-order valence-corrected chi connectivity index (χ3v) is 3.34. The Kier molecular flexibility index (Phi) is 5.46. The number of rotatable bonds is 6. The summed E-state index contributed by atoms with van der Waals surface area (Å²) in [6.07, 6.45) is 6.22. The highest BCUT2D eigenvalue weighted by molar-refractivity contribution is 5.80. The van der Waals surface area contributed by atoms with Gasteiger partial charge in [-0.2, -0.15) is 0 Å². The average molecular weight is 330 g/mol. The molecule has 0 aliphatic heterocycles. The molecular formula is C19H22O5. The fourth-order valence-corrected chi connectivity index (χ4v) is 2.09. The second-order valence-electron chi connectivity index (χ2n) is 6.23. The van der Waals surface area contributed by atoms with Gasteiger partial charge in [0.05, 0.1) is 5.60 Å². The van der Waals surface area contributed by atoms with Crippen molar-refractivity contribution in [2.75, 3.05) is 6.61 Å². The van der Waals surface area contributed by atoms with Crippen LogP contribution in [0.3, 0.4) is 0 Å². The molecule has 1 aromatic heterocycles. The van der Waals surface area contributed by atoms with Gasteiger partial charge in [0.25, 0.3) is 0 Å². The van der Waals surface area contributed by atoms with Crippen LogP contribution in [0.2, 0.25) is 0 Å². The molecule has 0 atom stereocenters. The minimum Gasteiger partial charge on any atom is -0.504 e. The van der Waals surface area contributed by atoms with Crippen molar-refractivity contribution in [1.82, 2.24) is 0 Å². The van der Waals surface area contributed by atoms with Crippen LogP contribution in [0.5, 0.6) is 11.5 Å². The normalized spacial score (nSPS) is 12.9. The number of ether oxygens (including phenoxy) is 1. The molecule has 0 saturated carbocycles. The van der Waals surface area contributed by atoms with Gasteiger partial charge in [0.2, 0.25) is 0 Å². The Bertz CT molecular complexity index is 822. The lowest BCUT2D eigenvalue weighted by molar-refractivity contribution is 0.133. The van der Waals surface area contributed by atoms with Gasteiger partial charge < -0.3 is 19.4 Å². The van der Waals surface area contributed by atoms with Crippen molar-refractivity contribution in [3.05, 3.63) is 58.5 Å². The van der Waals surface area contributed by atoms with E-state index >= 15 is 0 Å². The van der Waals surface area contributed by atoms with Crippen molar-refractivity contribution < 1.29 is 19.4 Å². The number of benzene rings is 1. The van der Waals surface area contributed by atoms with Crippen molar-refractivity contribution in [3.63, 3.8) is 0 Å². The third-order valence-electron chi connectivity index (χ3n) is 3.34.